The molecule has 1 aromatic carbocycles. The topological polar surface area (TPSA) is 64.6 Å². The first kappa shape index (κ1) is 15.9. The molecule has 1 saturated carbocycles. The van der Waals surface area contributed by atoms with Gasteiger partial charge in [-0.15, -0.1) is 0 Å². The third-order valence-corrected chi connectivity index (χ3v) is 4.91. The quantitative estimate of drug-likeness (QED) is 0.859. The molecule has 0 unspecified atom stereocenters. The van der Waals surface area contributed by atoms with Crippen LogP contribution in [-0.4, -0.2) is 31.7 Å². The Morgan fingerprint density at radius 1 is 1.26 bits per heavy atom. The Balaban J connectivity index is 1.97. The van der Waals surface area contributed by atoms with E-state index in [0.717, 1.165) is 18.4 Å². The van der Waals surface area contributed by atoms with Gasteiger partial charge in [0.15, 0.2) is 0 Å². The van der Waals surface area contributed by atoms with E-state index in [-0.39, 0.29) is 30.4 Å². The van der Waals surface area contributed by atoms with Crippen LogP contribution in [0.25, 0.3) is 0 Å². The molecular formula is C17H20FNO4. The zero-order valence-corrected chi connectivity index (χ0v) is 13.2. The van der Waals surface area contributed by atoms with Crippen LogP contribution in [0.3, 0.4) is 0 Å². The molecule has 0 bridgehead atoms. The number of halogens is 1. The van der Waals surface area contributed by atoms with Gasteiger partial charge < -0.3 is 9.47 Å². The van der Waals surface area contributed by atoms with Gasteiger partial charge >= 0.3 is 11.9 Å². The van der Waals surface area contributed by atoms with Crippen molar-refractivity contribution in [1.29, 1.82) is 0 Å². The van der Waals surface area contributed by atoms with Crippen LogP contribution in [0.2, 0.25) is 0 Å². The van der Waals surface area contributed by atoms with Crippen molar-refractivity contribution in [3.63, 3.8) is 0 Å². The first-order chi connectivity index (χ1) is 11.0. The lowest BCUT2D eigenvalue weighted by atomic mass is 9.81. The predicted octanol–water partition coefficient (Wildman–Crippen LogP) is 1.97. The summed E-state index contributed by atoms with van der Waals surface area (Å²) in [6, 6.07) is 5.04. The van der Waals surface area contributed by atoms with Gasteiger partial charge in [0.1, 0.15) is 11.9 Å². The molecule has 1 heterocycles. The summed E-state index contributed by atoms with van der Waals surface area (Å²) >= 11 is 0. The summed E-state index contributed by atoms with van der Waals surface area (Å²) in [5, 5.41) is 3.22. The highest BCUT2D eigenvalue weighted by molar-refractivity contribution is 5.83. The fraction of sp³-hybridized carbons (Fsp3) is 0.529. The summed E-state index contributed by atoms with van der Waals surface area (Å²) in [4.78, 5) is 24.6. The number of hydrogen-bond acceptors (Lipinski definition) is 5. The molecule has 124 valence electrons. The number of esters is 2. The van der Waals surface area contributed by atoms with Crippen molar-refractivity contribution in [3.8, 4) is 0 Å². The molecule has 2 fully saturated rings. The number of carbonyl (C=O) groups is 2. The first-order valence-electron chi connectivity index (χ1n) is 7.79. The minimum atomic E-state index is -0.544. The van der Waals surface area contributed by atoms with E-state index < -0.39 is 17.4 Å². The van der Waals surface area contributed by atoms with Gasteiger partial charge in [-0.25, -0.2) is 4.39 Å². The van der Waals surface area contributed by atoms with Gasteiger partial charge in [-0.05, 0) is 37.5 Å². The maximum absolute atomic E-state index is 13.2. The van der Waals surface area contributed by atoms with E-state index in [1.807, 2.05) is 0 Å². The highest BCUT2D eigenvalue weighted by Gasteiger charge is 2.67. The van der Waals surface area contributed by atoms with E-state index in [9.17, 15) is 14.0 Å². The second-order valence-corrected chi connectivity index (χ2v) is 6.11. The molecule has 3 atom stereocenters. The van der Waals surface area contributed by atoms with Crippen LogP contribution >= 0.6 is 0 Å². The molecule has 1 aromatic rings. The molecule has 1 saturated heterocycles. The largest absolute Gasteiger partial charge is 0.468 e. The Kier molecular flexibility index (Phi) is 4.10. The molecule has 23 heavy (non-hydrogen) atoms. The average Bonchev–Trinajstić information content (AvgIpc) is 3.24. The van der Waals surface area contributed by atoms with Crippen molar-refractivity contribution in [2.45, 2.75) is 31.8 Å². The zero-order valence-electron chi connectivity index (χ0n) is 13.2. The summed E-state index contributed by atoms with van der Waals surface area (Å²) in [7, 11) is 1.34. The number of benzene rings is 1. The maximum atomic E-state index is 13.2. The third-order valence-electron chi connectivity index (χ3n) is 4.91. The lowest BCUT2D eigenvalue weighted by molar-refractivity contribution is -0.151. The van der Waals surface area contributed by atoms with Crippen molar-refractivity contribution in [2.24, 2.45) is 11.3 Å². The molecule has 1 spiro atoms. The summed E-state index contributed by atoms with van der Waals surface area (Å²) < 4.78 is 23.3. The summed E-state index contributed by atoms with van der Waals surface area (Å²) in [6.07, 6.45) is 1.53. The van der Waals surface area contributed by atoms with Crippen molar-refractivity contribution in [3.05, 3.63) is 35.6 Å². The van der Waals surface area contributed by atoms with Gasteiger partial charge in [0.2, 0.25) is 0 Å². The molecule has 3 rings (SSSR count). The van der Waals surface area contributed by atoms with E-state index in [1.165, 1.54) is 19.2 Å². The SMILES string of the molecule is CCOC(=O)[C@H]1[C@@H](c2ccc(F)cc2)N[C@@H](C(=O)OC)C12CC2. The minimum absolute atomic E-state index is 0.282. The number of ether oxygens (including phenoxy) is 2. The Labute approximate surface area is 134 Å². The van der Waals surface area contributed by atoms with E-state index in [0.29, 0.717) is 0 Å². The Hall–Kier alpha value is -1.95. The summed E-state index contributed by atoms with van der Waals surface area (Å²) in [5.41, 5.74) is 0.306. The Bertz CT molecular complexity index is 612. The van der Waals surface area contributed by atoms with Crippen LogP contribution in [0.5, 0.6) is 0 Å². The molecule has 1 aliphatic carbocycles. The fourth-order valence-electron chi connectivity index (χ4n) is 3.68. The van der Waals surface area contributed by atoms with Gasteiger partial charge in [0, 0.05) is 11.5 Å². The number of carbonyl (C=O) groups excluding carboxylic acids is 2. The Morgan fingerprint density at radius 2 is 1.91 bits per heavy atom. The average molecular weight is 321 g/mol. The molecule has 1 N–H and O–H groups in total. The molecule has 0 radical (unpaired) electrons. The van der Waals surface area contributed by atoms with Crippen LogP contribution in [0.4, 0.5) is 4.39 Å². The molecule has 1 aliphatic heterocycles. The summed E-state index contributed by atoms with van der Waals surface area (Å²) in [6.45, 7) is 2.04. The molecule has 0 aromatic heterocycles. The Morgan fingerprint density at radius 3 is 2.43 bits per heavy atom. The van der Waals surface area contributed by atoms with Gasteiger partial charge in [0.05, 0.1) is 19.6 Å². The van der Waals surface area contributed by atoms with Gasteiger partial charge in [-0.3, -0.25) is 14.9 Å². The second kappa shape index (κ2) is 5.92. The standard InChI is InChI=1S/C17H20FNO4/c1-3-23-15(20)12-13(10-4-6-11(18)7-5-10)19-14(16(21)22-2)17(12)8-9-17/h4-7,12-14,19H,3,8-9H2,1-2H3/t12-,13-,14+/m1/s1. The number of rotatable bonds is 4. The molecule has 0 amide bonds. The minimum Gasteiger partial charge on any atom is -0.468 e. The van der Waals surface area contributed by atoms with E-state index in [2.05, 4.69) is 5.32 Å². The van der Waals surface area contributed by atoms with Gasteiger partial charge in [0.25, 0.3) is 0 Å². The van der Waals surface area contributed by atoms with Crippen LogP contribution in [0.15, 0.2) is 24.3 Å². The highest BCUT2D eigenvalue weighted by atomic mass is 19.1. The number of methoxy groups -OCH3 is 1. The smallest absolute Gasteiger partial charge is 0.323 e. The van der Waals surface area contributed by atoms with Gasteiger partial charge in [-0.2, -0.15) is 0 Å². The second-order valence-electron chi connectivity index (χ2n) is 6.11. The van der Waals surface area contributed by atoms with Crippen LogP contribution in [0.1, 0.15) is 31.4 Å². The van der Waals surface area contributed by atoms with Gasteiger partial charge in [-0.1, -0.05) is 12.1 Å². The molecular weight excluding hydrogens is 301 g/mol. The predicted molar refractivity (Wildman–Crippen MR) is 79.9 cm³/mol. The van der Waals surface area contributed by atoms with Crippen LogP contribution in [0, 0.1) is 17.2 Å². The zero-order chi connectivity index (χ0) is 16.6. The number of nitrogens with one attached hydrogen (secondary N) is 1. The summed E-state index contributed by atoms with van der Waals surface area (Å²) in [5.74, 6) is -1.51. The lowest BCUT2D eigenvalue weighted by Gasteiger charge is -2.22. The number of hydrogen-bond donors (Lipinski definition) is 1. The lowest BCUT2D eigenvalue weighted by Crippen LogP contribution is -2.39. The monoisotopic (exact) mass is 321 g/mol. The van der Waals surface area contributed by atoms with E-state index in [1.54, 1.807) is 19.1 Å². The van der Waals surface area contributed by atoms with E-state index >= 15 is 0 Å². The fourth-order valence-corrected chi connectivity index (χ4v) is 3.68. The highest BCUT2D eigenvalue weighted by Crippen LogP contribution is 2.62. The van der Waals surface area contributed by atoms with Crippen LogP contribution in [-0.2, 0) is 19.1 Å². The van der Waals surface area contributed by atoms with Crippen molar-refractivity contribution in [2.75, 3.05) is 13.7 Å². The van der Waals surface area contributed by atoms with Crippen molar-refractivity contribution in [1.82, 2.24) is 5.32 Å². The molecule has 6 heteroatoms. The molecule has 5 nitrogen and oxygen atoms in total. The van der Waals surface area contributed by atoms with E-state index in [4.69, 9.17) is 9.47 Å². The normalized spacial score (nSPS) is 27.7. The van der Waals surface area contributed by atoms with Crippen molar-refractivity contribution >= 4 is 11.9 Å². The van der Waals surface area contributed by atoms with Crippen LogP contribution < -0.4 is 5.32 Å². The molecule has 2 aliphatic rings. The first-order valence-corrected chi connectivity index (χ1v) is 7.79. The van der Waals surface area contributed by atoms with Crippen molar-refractivity contribution < 1.29 is 23.5 Å². The third kappa shape index (κ3) is 2.61. The maximum Gasteiger partial charge on any atom is 0.323 e.